The Labute approximate surface area is 126 Å². The summed E-state index contributed by atoms with van der Waals surface area (Å²) in [7, 11) is -0.884. The van der Waals surface area contributed by atoms with Crippen molar-refractivity contribution in [1.29, 1.82) is 0 Å². The van der Waals surface area contributed by atoms with Crippen LogP contribution in [0.15, 0.2) is 24.3 Å². The van der Waals surface area contributed by atoms with Gasteiger partial charge in [-0.2, -0.15) is 0 Å². The van der Waals surface area contributed by atoms with Gasteiger partial charge in [0, 0.05) is 21.6 Å². The molecule has 114 valence electrons. The van der Waals surface area contributed by atoms with E-state index in [1.807, 2.05) is 20.8 Å². The first kappa shape index (κ1) is 17.4. The highest BCUT2D eigenvalue weighted by molar-refractivity contribution is 7.87. The molecular formula is C17H29NOS. The van der Waals surface area contributed by atoms with Crippen molar-refractivity contribution in [3.05, 3.63) is 35.4 Å². The Morgan fingerprint density at radius 1 is 1.15 bits per heavy atom. The van der Waals surface area contributed by atoms with Crippen LogP contribution in [0, 0.1) is 0 Å². The molecule has 0 radical (unpaired) electrons. The van der Waals surface area contributed by atoms with E-state index in [2.05, 4.69) is 50.4 Å². The minimum absolute atomic E-state index is 0.0856. The van der Waals surface area contributed by atoms with E-state index in [1.54, 1.807) is 0 Å². The maximum absolute atomic E-state index is 12.6. The molecule has 0 heterocycles. The second-order valence-corrected chi connectivity index (χ2v) is 8.81. The van der Waals surface area contributed by atoms with Gasteiger partial charge >= 0.3 is 0 Å². The van der Waals surface area contributed by atoms with Gasteiger partial charge in [0.15, 0.2) is 0 Å². The molecule has 1 aromatic carbocycles. The van der Waals surface area contributed by atoms with Gasteiger partial charge in [-0.1, -0.05) is 38.1 Å². The van der Waals surface area contributed by atoms with Gasteiger partial charge < -0.3 is 5.32 Å². The van der Waals surface area contributed by atoms with E-state index in [4.69, 9.17) is 0 Å². The van der Waals surface area contributed by atoms with Crippen molar-refractivity contribution in [1.82, 2.24) is 5.32 Å². The first-order chi connectivity index (χ1) is 9.31. The van der Waals surface area contributed by atoms with E-state index in [-0.39, 0.29) is 16.0 Å². The second-order valence-electron chi connectivity index (χ2n) is 6.25. The smallest absolute Gasteiger partial charge is 0.0520 e. The minimum Gasteiger partial charge on any atom is -0.309 e. The molecule has 3 heteroatoms. The Morgan fingerprint density at radius 2 is 1.70 bits per heavy atom. The molecule has 3 unspecified atom stereocenters. The summed E-state index contributed by atoms with van der Waals surface area (Å²) in [5.41, 5.74) is 2.57. The predicted molar refractivity (Wildman–Crippen MR) is 89.6 cm³/mol. The van der Waals surface area contributed by atoms with Gasteiger partial charge in [-0.25, -0.2) is 0 Å². The van der Waals surface area contributed by atoms with Crippen LogP contribution in [-0.4, -0.2) is 20.8 Å². The third-order valence-corrected chi connectivity index (χ3v) is 5.74. The molecule has 0 aliphatic rings. The summed E-state index contributed by atoms with van der Waals surface area (Å²) < 4.78 is 12.5. The fourth-order valence-corrected chi connectivity index (χ4v) is 4.03. The monoisotopic (exact) mass is 295 g/mol. The maximum atomic E-state index is 12.6. The van der Waals surface area contributed by atoms with Crippen LogP contribution in [0.5, 0.6) is 0 Å². The normalized spacial score (nSPS) is 16.7. The van der Waals surface area contributed by atoms with E-state index in [0.717, 1.165) is 13.0 Å². The van der Waals surface area contributed by atoms with Crippen LogP contribution >= 0.6 is 0 Å². The number of hydrogen-bond acceptors (Lipinski definition) is 2. The molecule has 0 amide bonds. The molecule has 0 aromatic heterocycles. The van der Waals surface area contributed by atoms with E-state index >= 15 is 0 Å². The quantitative estimate of drug-likeness (QED) is 0.864. The lowest BCUT2D eigenvalue weighted by Gasteiger charge is -2.30. The summed E-state index contributed by atoms with van der Waals surface area (Å²) in [4.78, 5) is 0. The molecule has 20 heavy (non-hydrogen) atoms. The molecule has 0 saturated heterocycles. The Bertz CT molecular complexity index is 433. The molecule has 1 rings (SSSR count). The summed E-state index contributed by atoms with van der Waals surface area (Å²) >= 11 is 0. The number of nitrogens with one attached hydrogen (secondary N) is 1. The van der Waals surface area contributed by atoms with Crippen LogP contribution in [0.4, 0.5) is 0 Å². The highest BCUT2D eigenvalue weighted by Crippen LogP contribution is 2.26. The van der Waals surface area contributed by atoms with Crippen LogP contribution < -0.4 is 5.32 Å². The fourth-order valence-electron chi connectivity index (χ4n) is 2.42. The topological polar surface area (TPSA) is 29.1 Å². The minimum atomic E-state index is -0.884. The van der Waals surface area contributed by atoms with Crippen molar-refractivity contribution in [2.75, 3.05) is 6.54 Å². The first-order valence-corrected chi connectivity index (χ1v) is 8.75. The molecule has 0 saturated carbocycles. The van der Waals surface area contributed by atoms with Crippen LogP contribution in [0.25, 0.3) is 0 Å². The van der Waals surface area contributed by atoms with Crippen molar-refractivity contribution in [2.24, 2.45) is 0 Å². The molecule has 0 aliphatic carbocycles. The lowest BCUT2D eigenvalue weighted by Crippen LogP contribution is -2.39. The highest BCUT2D eigenvalue weighted by Gasteiger charge is 2.31. The molecular weight excluding hydrogens is 266 g/mol. The van der Waals surface area contributed by atoms with E-state index in [9.17, 15) is 4.21 Å². The molecule has 1 N–H and O–H groups in total. The summed E-state index contributed by atoms with van der Waals surface area (Å²) in [5.74, 6) is 0. The molecule has 0 spiro atoms. The SMILES string of the molecule is CCNC(c1ccc(CC)cc1)C(C)S(=O)C(C)(C)C. The molecule has 0 fully saturated rings. The Morgan fingerprint density at radius 3 is 2.10 bits per heavy atom. The summed E-state index contributed by atoms with van der Waals surface area (Å²) in [6, 6.07) is 8.83. The van der Waals surface area contributed by atoms with E-state index < -0.39 is 10.8 Å². The average molecular weight is 295 g/mol. The first-order valence-electron chi connectivity index (χ1n) is 7.54. The zero-order valence-corrected chi connectivity index (χ0v) is 14.5. The van der Waals surface area contributed by atoms with Gasteiger partial charge in [-0.05, 0) is 51.8 Å². The Kier molecular flexibility index (Phi) is 6.41. The Hall–Kier alpha value is -0.670. The lowest BCUT2D eigenvalue weighted by molar-refractivity contribution is 0.527. The third-order valence-electron chi connectivity index (χ3n) is 3.58. The molecule has 1 aromatic rings. The average Bonchev–Trinajstić information content (AvgIpc) is 2.42. The second kappa shape index (κ2) is 7.37. The molecule has 3 atom stereocenters. The van der Waals surface area contributed by atoms with Crippen LogP contribution in [0.1, 0.15) is 58.7 Å². The number of benzene rings is 1. The predicted octanol–water partition coefficient (Wildman–Crippen LogP) is 3.84. The number of hydrogen-bond donors (Lipinski definition) is 1. The van der Waals surface area contributed by atoms with E-state index in [0.29, 0.717) is 0 Å². The summed E-state index contributed by atoms with van der Waals surface area (Å²) in [6.07, 6.45) is 1.05. The standard InChI is InChI=1S/C17H29NOS/c1-7-14-9-11-15(12-10-14)16(18-8-2)13(3)20(19)17(4,5)6/h9-13,16,18H,7-8H2,1-6H3. The number of aryl methyl sites for hydroxylation is 1. The molecule has 0 bridgehead atoms. The summed E-state index contributed by atoms with van der Waals surface area (Å²) in [6.45, 7) is 13.4. The molecule has 0 aliphatic heterocycles. The van der Waals surface area contributed by atoms with Crippen molar-refractivity contribution >= 4 is 10.8 Å². The van der Waals surface area contributed by atoms with Crippen LogP contribution in [0.2, 0.25) is 0 Å². The lowest BCUT2D eigenvalue weighted by atomic mass is 10.0. The van der Waals surface area contributed by atoms with Gasteiger partial charge in [0.25, 0.3) is 0 Å². The highest BCUT2D eigenvalue weighted by atomic mass is 32.2. The molecule has 2 nitrogen and oxygen atoms in total. The van der Waals surface area contributed by atoms with Gasteiger partial charge in [-0.3, -0.25) is 4.21 Å². The van der Waals surface area contributed by atoms with E-state index in [1.165, 1.54) is 11.1 Å². The van der Waals surface area contributed by atoms with Crippen LogP contribution in [-0.2, 0) is 17.2 Å². The summed E-state index contributed by atoms with van der Waals surface area (Å²) in [5, 5.41) is 3.58. The largest absolute Gasteiger partial charge is 0.309 e. The van der Waals surface area contributed by atoms with Gasteiger partial charge in [0.1, 0.15) is 0 Å². The van der Waals surface area contributed by atoms with Crippen molar-refractivity contribution < 1.29 is 4.21 Å². The zero-order valence-electron chi connectivity index (χ0n) is 13.7. The number of rotatable bonds is 6. The zero-order chi connectivity index (χ0) is 15.3. The van der Waals surface area contributed by atoms with Gasteiger partial charge in [-0.15, -0.1) is 0 Å². The van der Waals surface area contributed by atoms with Crippen molar-refractivity contribution in [3.63, 3.8) is 0 Å². The van der Waals surface area contributed by atoms with Gasteiger partial charge in [0.05, 0.1) is 5.25 Å². The Balaban J connectivity index is 3.00. The fraction of sp³-hybridized carbons (Fsp3) is 0.647. The van der Waals surface area contributed by atoms with Crippen molar-refractivity contribution in [3.8, 4) is 0 Å². The third kappa shape index (κ3) is 4.42. The van der Waals surface area contributed by atoms with Crippen LogP contribution in [0.3, 0.4) is 0 Å². The van der Waals surface area contributed by atoms with Gasteiger partial charge in [0.2, 0.25) is 0 Å². The maximum Gasteiger partial charge on any atom is 0.0520 e. The van der Waals surface area contributed by atoms with Crippen molar-refractivity contribution in [2.45, 2.75) is 64.0 Å².